The summed E-state index contributed by atoms with van der Waals surface area (Å²) in [6.07, 6.45) is 0.906. The Morgan fingerprint density at radius 1 is 1.40 bits per heavy atom. The number of ether oxygens (including phenoxy) is 1. The predicted molar refractivity (Wildman–Crippen MR) is 60.6 cm³/mol. The zero-order valence-corrected chi connectivity index (χ0v) is 9.16. The van der Waals surface area contributed by atoms with E-state index in [1.54, 1.807) is 13.2 Å². The summed E-state index contributed by atoms with van der Waals surface area (Å²) in [6.45, 7) is 1.52. The average molecular weight is 212 g/mol. The van der Waals surface area contributed by atoms with Gasteiger partial charge in [0.1, 0.15) is 5.82 Å². The maximum Gasteiger partial charge on any atom is 0.127 e. The molecule has 4 heteroatoms. The largest absolute Gasteiger partial charge is 0.399 e. The molecule has 0 aliphatic rings. The molecule has 1 aromatic carbocycles. The highest BCUT2D eigenvalue weighted by atomic mass is 19.1. The lowest BCUT2D eigenvalue weighted by Crippen LogP contribution is -2.19. The number of benzene rings is 1. The maximum atomic E-state index is 13.0. The van der Waals surface area contributed by atoms with Gasteiger partial charge < -0.3 is 15.4 Å². The Labute approximate surface area is 89.6 Å². The van der Waals surface area contributed by atoms with E-state index in [1.165, 1.54) is 12.1 Å². The smallest absolute Gasteiger partial charge is 0.127 e. The van der Waals surface area contributed by atoms with Crippen molar-refractivity contribution in [3.05, 3.63) is 24.0 Å². The molecule has 84 valence electrons. The molecular weight excluding hydrogens is 195 g/mol. The lowest BCUT2D eigenvalue weighted by atomic mass is 10.2. The van der Waals surface area contributed by atoms with E-state index in [9.17, 15) is 4.39 Å². The number of nitrogens with zero attached hydrogens (tertiary/aromatic N) is 1. The lowest BCUT2D eigenvalue weighted by Gasteiger charge is -2.19. The highest BCUT2D eigenvalue weighted by Crippen LogP contribution is 2.18. The van der Waals surface area contributed by atoms with Crippen molar-refractivity contribution in [3.63, 3.8) is 0 Å². The van der Waals surface area contributed by atoms with Crippen molar-refractivity contribution < 1.29 is 9.13 Å². The summed E-state index contributed by atoms with van der Waals surface area (Å²) in [5.74, 6) is -0.302. The molecule has 3 nitrogen and oxygen atoms in total. The Kier molecular flexibility index (Phi) is 4.37. The van der Waals surface area contributed by atoms with Crippen molar-refractivity contribution in [1.29, 1.82) is 0 Å². The molecule has 0 heterocycles. The molecule has 0 aliphatic heterocycles. The van der Waals surface area contributed by atoms with Gasteiger partial charge in [0.05, 0.1) is 0 Å². The van der Waals surface area contributed by atoms with Gasteiger partial charge in [-0.3, -0.25) is 0 Å². The Hall–Kier alpha value is -1.29. The fourth-order valence-corrected chi connectivity index (χ4v) is 1.39. The van der Waals surface area contributed by atoms with Gasteiger partial charge in [-0.2, -0.15) is 0 Å². The van der Waals surface area contributed by atoms with Crippen molar-refractivity contribution in [2.75, 3.05) is 37.9 Å². The molecular formula is C11H17FN2O. The zero-order valence-electron chi connectivity index (χ0n) is 9.16. The highest BCUT2D eigenvalue weighted by molar-refractivity contribution is 5.55. The summed E-state index contributed by atoms with van der Waals surface area (Å²) < 4.78 is 18.0. The summed E-state index contributed by atoms with van der Waals surface area (Å²) in [7, 11) is 3.57. The monoisotopic (exact) mass is 212 g/mol. The summed E-state index contributed by atoms with van der Waals surface area (Å²) in [5.41, 5.74) is 6.80. The van der Waals surface area contributed by atoms with Crippen LogP contribution >= 0.6 is 0 Å². The first-order chi connectivity index (χ1) is 7.13. The summed E-state index contributed by atoms with van der Waals surface area (Å²) in [5, 5.41) is 0. The van der Waals surface area contributed by atoms with Crippen molar-refractivity contribution in [2.45, 2.75) is 6.42 Å². The number of hydrogen-bond donors (Lipinski definition) is 1. The van der Waals surface area contributed by atoms with Crippen molar-refractivity contribution in [3.8, 4) is 0 Å². The van der Waals surface area contributed by atoms with Crippen LogP contribution in [0, 0.1) is 5.82 Å². The van der Waals surface area contributed by atoms with Crippen LogP contribution in [0.4, 0.5) is 15.8 Å². The normalized spacial score (nSPS) is 10.3. The molecule has 1 rings (SSSR count). The predicted octanol–water partition coefficient (Wildman–Crippen LogP) is 1.88. The summed E-state index contributed by atoms with van der Waals surface area (Å²) in [6, 6.07) is 4.55. The molecule has 0 aliphatic carbocycles. The lowest BCUT2D eigenvalue weighted by molar-refractivity contribution is 0.196. The van der Waals surface area contributed by atoms with E-state index in [1.807, 2.05) is 11.9 Å². The fourth-order valence-electron chi connectivity index (χ4n) is 1.39. The van der Waals surface area contributed by atoms with Gasteiger partial charge >= 0.3 is 0 Å². The quantitative estimate of drug-likeness (QED) is 0.598. The van der Waals surface area contributed by atoms with Crippen LogP contribution in [0.3, 0.4) is 0 Å². The van der Waals surface area contributed by atoms with E-state index in [0.29, 0.717) is 12.3 Å². The van der Waals surface area contributed by atoms with Gasteiger partial charge in [-0.25, -0.2) is 4.39 Å². The molecule has 0 unspecified atom stereocenters. The molecule has 0 saturated heterocycles. The molecule has 0 saturated carbocycles. The standard InChI is InChI=1S/C11H17FN2O/c1-14(4-3-5-15-2)11-7-9(12)6-10(13)8-11/h6-8H,3-5,13H2,1-2H3. The first-order valence-electron chi connectivity index (χ1n) is 4.89. The number of anilines is 2. The topological polar surface area (TPSA) is 38.5 Å². The van der Waals surface area contributed by atoms with Crippen LogP contribution < -0.4 is 10.6 Å². The summed E-state index contributed by atoms with van der Waals surface area (Å²) in [4.78, 5) is 1.96. The number of rotatable bonds is 5. The highest BCUT2D eigenvalue weighted by Gasteiger charge is 2.03. The second kappa shape index (κ2) is 5.56. The Morgan fingerprint density at radius 3 is 2.73 bits per heavy atom. The Bertz CT molecular complexity index is 297. The molecule has 1 aromatic rings. The zero-order chi connectivity index (χ0) is 11.3. The van der Waals surface area contributed by atoms with E-state index >= 15 is 0 Å². The Balaban J connectivity index is 2.60. The molecule has 2 N–H and O–H groups in total. The molecule has 0 atom stereocenters. The second-order valence-corrected chi connectivity index (χ2v) is 3.51. The molecule has 0 amide bonds. The fraction of sp³-hybridized carbons (Fsp3) is 0.455. The third-order valence-electron chi connectivity index (χ3n) is 2.19. The first kappa shape index (κ1) is 11.8. The number of nitrogens with two attached hydrogens (primary N) is 1. The number of halogens is 1. The van der Waals surface area contributed by atoms with Crippen molar-refractivity contribution >= 4 is 11.4 Å². The minimum absolute atomic E-state index is 0.302. The van der Waals surface area contributed by atoms with Crippen molar-refractivity contribution in [1.82, 2.24) is 0 Å². The third-order valence-corrected chi connectivity index (χ3v) is 2.19. The van der Waals surface area contributed by atoms with E-state index in [4.69, 9.17) is 10.5 Å². The molecule has 0 radical (unpaired) electrons. The van der Waals surface area contributed by atoms with E-state index in [0.717, 1.165) is 18.7 Å². The van der Waals surface area contributed by atoms with E-state index in [2.05, 4.69) is 0 Å². The van der Waals surface area contributed by atoms with E-state index < -0.39 is 0 Å². The molecule has 0 spiro atoms. The maximum absolute atomic E-state index is 13.0. The van der Waals surface area contributed by atoms with Crippen LogP contribution in [0.2, 0.25) is 0 Å². The number of nitrogen functional groups attached to an aromatic ring is 1. The van der Waals surface area contributed by atoms with Gasteiger partial charge in [-0.1, -0.05) is 0 Å². The molecule has 0 fully saturated rings. The second-order valence-electron chi connectivity index (χ2n) is 3.51. The summed E-state index contributed by atoms with van der Waals surface area (Å²) >= 11 is 0. The minimum atomic E-state index is -0.302. The van der Waals surface area contributed by atoms with Crippen LogP contribution in [0.15, 0.2) is 18.2 Å². The molecule has 0 aromatic heterocycles. The van der Waals surface area contributed by atoms with Gasteiger partial charge in [-0.05, 0) is 24.6 Å². The third kappa shape index (κ3) is 3.75. The van der Waals surface area contributed by atoms with Crippen LogP contribution in [-0.4, -0.2) is 27.3 Å². The van der Waals surface area contributed by atoms with Gasteiger partial charge in [0, 0.05) is 38.7 Å². The van der Waals surface area contributed by atoms with Gasteiger partial charge in [0.15, 0.2) is 0 Å². The van der Waals surface area contributed by atoms with Gasteiger partial charge in [0.2, 0.25) is 0 Å². The van der Waals surface area contributed by atoms with Crippen LogP contribution in [-0.2, 0) is 4.74 Å². The Morgan fingerprint density at radius 2 is 2.13 bits per heavy atom. The first-order valence-corrected chi connectivity index (χ1v) is 4.89. The average Bonchev–Trinajstić information content (AvgIpc) is 2.16. The van der Waals surface area contributed by atoms with Crippen LogP contribution in [0.25, 0.3) is 0 Å². The van der Waals surface area contributed by atoms with Crippen LogP contribution in [0.5, 0.6) is 0 Å². The SMILES string of the molecule is COCCCN(C)c1cc(N)cc(F)c1. The molecule has 15 heavy (non-hydrogen) atoms. The minimum Gasteiger partial charge on any atom is -0.399 e. The number of hydrogen-bond acceptors (Lipinski definition) is 3. The van der Waals surface area contributed by atoms with Gasteiger partial charge in [0.25, 0.3) is 0 Å². The number of methoxy groups -OCH3 is 1. The van der Waals surface area contributed by atoms with Gasteiger partial charge in [-0.15, -0.1) is 0 Å². The van der Waals surface area contributed by atoms with Crippen LogP contribution in [0.1, 0.15) is 6.42 Å². The van der Waals surface area contributed by atoms with E-state index in [-0.39, 0.29) is 5.82 Å². The molecule has 0 bridgehead atoms. The van der Waals surface area contributed by atoms with Crippen molar-refractivity contribution in [2.24, 2.45) is 0 Å².